The van der Waals surface area contributed by atoms with Crippen LogP contribution >= 0.6 is 0 Å². The van der Waals surface area contributed by atoms with Gasteiger partial charge in [0.05, 0.1) is 16.3 Å². The van der Waals surface area contributed by atoms with E-state index in [1.807, 2.05) is 0 Å². The minimum Gasteiger partial charge on any atom is -0.316 e. The monoisotopic (exact) mass is 393 g/mol. The third kappa shape index (κ3) is 5.91. The van der Waals surface area contributed by atoms with Gasteiger partial charge < -0.3 is 5.32 Å². The van der Waals surface area contributed by atoms with Gasteiger partial charge in [0, 0.05) is 6.54 Å². The van der Waals surface area contributed by atoms with Crippen molar-refractivity contribution in [3.05, 3.63) is 24.0 Å². The highest BCUT2D eigenvalue weighted by Crippen LogP contribution is 2.20. The van der Waals surface area contributed by atoms with Crippen molar-refractivity contribution in [3.8, 4) is 0 Å². The van der Waals surface area contributed by atoms with Crippen molar-refractivity contribution in [1.29, 1.82) is 0 Å². The second kappa shape index (κ2) is 8.43. The SMILES string of the molecule is CCCS(=O)(=O)Nc1ccc(S(=O)(=O)NCC2CCCNC2)cc1F. The van der Waals surface area contributed by atoms with E-state index in [0.717, 1.165) is 38.1 Å². The largest absolute Gasteiger partial charge is 0.316 e. The van der Waals surface area contributed by atoms with E-state index in [2.05, 4.69) is 14.8 Å². The second-order valence-electron chi connectivity index (χ2n) is 6.13. The molecular formula is C15H24FN3O4S2. The minimum atomic E-state index is -3.85. The number of benzene rings is 1. The molecule has 1 atom stereocenters. The summed E-state index contributed by atoms with van der Waals surface area (Å²) in [5.41, 5.74) is -0.260. The highest BCUT2D eigenvalue weighted by atomic mass is 32.2. The first-order valence-electron chi connectivity index (χ1n) is 8.24. The van der Waals surface area contributed by atoms with Crippen molar-refractivity contribution in [2.75, 3.05) is 30.1 Å². The molecule has 1 heterocycles. The smallest absolute Gasteiger partial charge is 0.240 e. The Morgan fingerprint density at radius 1 is 1.28 bits per heavy atom. The first-order valence-corrected chi connectivity index (χ1v) is 11.4. The quantitative estimate of drug-likeness (QED) is 0.617. The number of piperidine rings is 1. The molecule has 0 aliphatic carbocycles. The van der Waals surface area contributed by atoms with Crippen LogP contribution in [0.4, 0.5) is 10.1 Å². The Morgan fingerprint density at radius 3 is 2.64 bits per heavy atom. The average Bonchev–Trinajstić information content (AvgIpc) is 2.55. The number of sulfonamides is 2. The van der Waals surface area contributed by atoms with Crippen LogP contribution in [0.25, 0.3) is 0 Å². The molecule has 1 aromatic rings. The Balaban J connectivity index is 2.07. The van der Waals surface area contributed by atoms with Crippen LogP contribution in [0.5, 0.6) is 0 Å². The molecule has 0 bridgehead atoms. The summed E-state index contributed by atoms with van der Waals surface area (Å²) in [6, 6.07) is 3.14. The first-order chi connectivity index (χ1) is 11.7. The highest BCUT2D eigenvalue weighted by molar-refractivity contribution is 7.92. The number of hydrogen-bond donors (Lipinski definition) is 3. The fourth-order valence-corrected chi connectivity index (χ4v) is 4.91. The third-order valence-corrected chi connectivity index (χ3v) is 6.85. The van der Waals surface area contributed by atoms with Gasteiger partial charge in [0.15, 0.2) is 0 Å². The Bertz CT molecular complexity index is 791. The van der Waals surface area contributed by atoms with Gasteiger partial charge in [-0.3, -0.25) is 4.72 Å². The van der Waals surface area contributed by atoms with E-state index in [4.69, 9.17) is 0 Å². The second-order valence-corrected chi connectivity index (χ2v) is 9.74. The van der Waals surface area contributed by atoms with Crippen LogP contribution < -0.4 is 14.8 Å². The number of halogens is 1. The molecule has 0 spiro atoms. The van der Waals surface area contributed by atoms with Crippen molar-refractivity contribution in [2.45, 2.75) is 31.1 Å². The Labute approximate surface area is 148 Å². The van der Waals surface area contributed by atoms with E-state index in [9.17, 15) is 21.2 Å². The van der Waals surface area contributed by atoms with Crippen LogP contribution in [0, 0.1) is 11.7 Å². The summed E-state index contributed by atoms with van der Waals surface area (Å²) in [6.45, 7) is 3.65. The molecular weight excluding hydrogens is 369 g/mol. The van der Waals surface area contributed by atoms with Gasteiger partial charge in [-0.15, -0.1) is 0 Å². The maximum atomic E-state index is 14.1. The molecule has 10 heteroatoms. The van der Waals surface area contributed by atoms with Gasteiger partial charge in [-0.2, -0.15) is 0 Å². The molecule has 1 aromatic carbocycles. The molecule has 0 aromatic heterocycles. The Hall–Kier alpha value is -1.23. The summed E-state index contributed by atoms with van der Waals surface area (Å²) >= 11 is 0. The number of nitrogens with one attached hydrogen (secondary N) is 3. The summed E-state index contributed by atoms with van der Waals surface area (Å²) in [5, 5.41) is 3.20. The van der Waals surface area contributed by atoms with E-state index in [0.29, 0.717) is 6.42 Å². The third-order valence-electron chi connectivity index (χ3n) is 3.95. The molecule has 0 saturated carbocycles. The standard InChI is InChI=1S/C15H24FN3O4S2/c1-2-8-24(20,21)19-15-6-5-13(9-14(15)16)25(22,23)18-11-12-4-3-7-17-10-12/h5-6,9,12,17-19H,2-4,7-8,10-11H2,1H3. The van der Waals surface area contributed by atoms with Gasteiger partial charge in [0.2, 0.25) is 20.0 Å². The number of hydrogen-bond acceptors (Lipinski definition) is 5. The highest BCUT2D eigenvalue weighted by Gasteiger charge is 2.21. The van der Waals surface area contributed by atoms with E-state index in [1.54, 1.807) is 6.92 Å². The number of rotatable bonds is 8. The molecule has 25 heavy (non-hydrogen) atoms. The summed E-state index contributed by atoms with van der Waals surface area (Å²) in [4.78, 5) is -0.229. The zero-order chi connectivity index (χ0) is 18.5. The van der Waals surface area contributed by atoms with Crippen LogP contribution in [-0.2, 0) is 20.0 Å². The van der Waals surface area contributed by atoms with E-state index < -0.39 is 25.9 Å². The number of anilines is 1. The average molecular weight is 394 g/mol. The van der Waals surface area contributed by atoms with Gasteiger partial charge in [0.25, 0.3) is 0 Å². The minimum absolute atomic E-state index is 0.135. The van der Waals surface area contributed by atoms with E-state index >= 15 is 0 Å². The lowest BCUT2D eigenvalue weighted by molar-refractivity contribution is 0.376. The van der Waals surface area contributed by atoms with Crippen molar-refractivity contribution in [3.63, 3.8) is 0 Å². The van der Waals surface area contributed by atoms with Gasteiger partial charge in [0.1, 0.15) is 5.82 Å². The van der Waals surface area contributed by atoms with Crippen LogP contribution in [0.15, 0.2) is 23.1 Å². The molecule has 142 valence electrons. The molecule has 7 nitrogen and oxygen atoms in total. The van der Waals surface area contributed by atoms with Crippen LogP contribution in [0.2, 0.25) is 0 Å². The zero-order valence-corrected chi connectivity index (χ0v) is 15.7. The molecule has 0 amide bonds. The predicted molar refractivity (Wildman–Crippen MR) is 94.9 cm³/mol. The van der Waals surface area contributed by atoms with Crippen molar-refractivity contribution < 1.29 is 21.2 Å². The van der Waals surface area contributed by atoms with E-state index in [1.165, 1.54) is 6.07 Å². The molecule has 3 N–H and O–H groups in total. The Morgan fingerprint density at radius 2 is 2.04 bits per heavy atom. The molecule has 0 radical (unpaired) electrons. The maximum absolute atomic E-state index is 14.1. The zero-order valence-electron chi connectivity index (χ0n) is 14.1. The van der Waals surface area contributed by atoms with E-state index in [-0.39, 0.29) is 28.8 Å². The van der Waals surface area contributed by atoms with Gasteiger partial charge in [-0.25, -0.2) is 25.9 Å². The molecule has 1 saturated heterocycles. The lowest BCUT2D eigenvalue weighted by Crippen LogP contribution is -2.38. The van der Waals surface area contributed by atoms with Crippen LogP contribution in [0.1, 0.15) is 26.2 Å². The van der Waals surface area contributed by atoms with Crippen molar-refractivity contribution in [1.82, 2.24) is 10.0 Å². The van der Waals surface area contributed by atoms with Gasteiger partial charge in [-0.1, -0.05) is 6.92 Å². The maximum Gasteiger partial charge on any atom is 0.240 e. The van der Waals surface area contributed by atoms with Crippen molar-refractivity contribution >= 4 is 25.7 Å². The van der Waals surface area contributed by atoms with Gasteiger partial charge in [-0.05, 0) is 56.5 Å². The molecule has 1 fully saturated rings. The summed E-state index contributed by atoms with van der Waals surface area (Å²) in [6.07, 6.45) is 2.32. The normalized spacial score (nSPS) is 18.9. The topological polar surface area (TPSA) is 104 Å². The molecule has 1 aliphatic heterocycles. The fourth-order valence-electron chi connectivity index (χ4n) is 2.64. The molecule has 1 aliphatic rings. The van der Waals surface area contributed by atoms with Crippen LogP contribution in [0.3, 0.4) is 0 Å². The predicted octanol–water partition coefficient (Wildman–Crippen LogP) is 1.26. The van der Waals surface area contributed by atoms with Gasteiger partial charge >= 0.3 is 0 Å². The first kappa shape index (κ1) is 20.1. The lowest BCUT2D eigenvalue weighted by Gasteiger charge is -2.22. The fraction of sp³-hybridized carbons (Fsp3) is 0.600. The van der Waals surface area contributed by atoms with Crippen molar-refractivity contribution in [2.24, 2.45) is 5.92 Å². The summed E-state index contributed by atoms with van der Waals surface area (Å²) < 4.78 is 66.7. The summed E-state index contributed by atoms with van der Waals surface area (Å²) in [5.74, 6) is -0.862. The summed E-state index contributed by atoms with van der Waals surface area (Å²) in [7, 11) is -7.49. The Kier molecular flexibility index (Phi) is 6.78. The molecule has 2 rings (SSSR count). The lowest BCUT2D eigenvalue weighted by atomic mass is 10.0. The molecule has 1 unspecified atom stereocenters. The van der Waals surface area contributed by atoms with Crippen LogP contribution in [-0.4, -0.2) is 42.2 Å².